The zero-order chi connectivity index (χ0) is 14.3. The molecule has 0 aliphatic heterocycles. The number of nitriles is 1. The Labute approximate surface area is 131 Å². The molecule has 4 nitrogen and oxygen atoms in total. The van der Waals surface area contributed by atoms with Crippen LogP contribution in [0.4, 0.5) is 0 Å². The Morgan fingerprint density at radius 2 is 2.26 bits per heavy atom. The minimum atomic E-state index is -0.134. The van der Waals surface area contributed by atoms with Crippen LogP contribution in [0.1, 0.15) is 16.8 Å². The van der Waals surface area contributed by atoms with Crippen molar-refractivity contribution in [1.29, 1.82) is 5.26 Å². The van der Waals surface area contributed by atoms with Crippen molar-refractivity contribution in [2.75, 3.05) is 26.8 Å². The maximum atomic E-state index is 12.3. The Bertz CT molecular complexity index is 488. The highest BCUT2D eigenvalue weighted by Gasteiger charge is 2.16. The van der Waals surface area contributed by atoms with E-state index in [0.29, 0.717) is 36.7 Å². The number of amides is 1. The largest absolute Gasteiger partial charge is 0.383 e. The van der Waals surface area contributed by atoms with Crippen LogP contribution in [0.25, 0.3) is 0 Å². The van der Waals surface area contributed by atoms with Crippen molar-refractivity contribution in [3.63, 3.8) is 0 Å². The molecule has 19 heavy (non-hydrogen) atoms. The lowest BCUT2D eigenvalue weighted by Crippen LogP contribution is -2.34. The second-order valence-corrected chi connectivity index (χ2v) is 5.39. The summed E-state index contributed by atoms with van der Waals surface area (Å²) in [6.07, 6.45) is 0.299. The quantitative estimate of drug-likeness (QED) is 0.700. The molecule has 1 amide bonds. The van der Waals surface area contributed by atoms with Crippen molar-refractivity contribution < 1.29 is 9.53 Å². The molecule has 0 aliphatic carbocycles. The van der Waals surface area contributed by atoms with Gasteiger partial charge in [-0.25, -0.2) is 0 Å². The fraction of sp³-hybridized carbons (Fsp3) is 0.385. The summed E-state index contributed by atoms with van der Waals surface area (Å²) in [6, 6.07) is 7.23. The average Bonchev–Trinajstić information content (AvgIpc) is 2.41. The number of hydrogen-bond acceptors (Lipinski definition) is 3. The zero-order valence-corrected chi connectivity index (χ0v) is 13.4. The molecule has 0 saturated carbocycles. The van der Waals surface area contributed by atoms with Crippen LogP contribution < -0.4 is 0 Å². The molecular weight excluding hydrogens is 379 g/mol. The molecule has 0 saturated heterocycles. The van der Waals surface area contributed by atoms with Gasteiger partial charge >= 0.3 is 0 Å². The summed E-state index contributed by atoms with van der Waals surface area (Å²) >= 11 is 8.12. The fourth-order valence-corrected chi connectivity index (χ4v) is 2.03. The van der Waals surface area contributed by atoms with Crippen molar-refractivity contribution in [3.8, 4) is 6.07 Å². The third-order valence-corrected chi connectivity index (χ3v) is 4.08. The summed E-state index contributed by atoms with van der Waals surface area (Å²) in [7, 11) is 1.58. The molecule has 0 bridgehead atoms. The van der Waals surface area contributed by atoms with Gasteiger partial charge in [-0.05, 0) is 40.8 Å². The number of hydrogen-bond donors (Lipinski definition) is 0. The highest BCUT2D eigenvalue weighted by Crippen LogP contribution is 2.20. The summed E-state index contributed by atoms with van der Waals surface area (Å²) in [5.41, 5.74) is 0.527. The molecule has 0 aliphatic rings. The van der Waals surface area contributed by atoms with E-state index in [2.05, 4.69) is 22.6 Å². The first kappa shape index (κ1) is 16.2. The average molecular weight is 393 g/mol. The molecule has 0 radical (unpaired) electrons. The highest BCUT2D eigenvalue weighted by molar-refractivity contribution is 14.1. The molecule has 1 aromatic rings. The molecule has 0 unspecified atom stereocenters. The van der Waals surface area contributed by atoms with Gasteiger partial charge in [0.25, 0.3) is 5.91 Å². The van der Waals surface area contributed by atoms with Crippen molar-refractivity contribution in [1.82, 2.24) is 4.90 Å². The Kier molecular flexibility index (Phi) is 7.13. The molecular formula is C13H14ClIN2O2. The molecule has 0 N–H and O–H groups in total. The van der Waals surface area contributed by atoms with E-state index < -0.39 is 0 Å². The van der Waals surface area contributed by atoms with Crippen LogP contribution in [0, 0.1) is 14.9 Å². The highest BCUT2D eigenvalue weighted by atomic mass is 127. The van der Waals surface area contributed by atoms with Gasteiger partial charge in [-0.15, -0.1) is 0 Å². The Hall–Kier alpha value is -0.840. The second kappa shape index (κ2) is 8.35. The lowest BCUT2D eigenvalue weighted by Gasteiger charge is -2.21. The summed E-state index contributed by atoms with van der Waals surface area (Å²) in [5.74, 6) is -0.134. The molecule has 0 heterocycles. The van der Waals surface area contributed by atoms with Gasteiger partial charge in [0.15, 0.2) is 0 Å². The predicted octanol–water partition coefficient (Wildman–Crippen LogP) is 2.95. The number of nitrogens with zero attached hydrogens (tertiary/aromatic N) is 2. The first-order valence-corrected chi connectivity index (χ1v) is 7.16. The third kappa shape index (κ3) is 4.97. The summed E-state index contributed by atoms with van der Waals surface area (Å²) in [5, 5.41) is 9.19. The van der Waals surface area contributed by atoms with E-state index in [-0.39, 0.29) is 5.91 Å². The lowest BCUT2D eigenvalue weighted by atomic mass is 10.2. The normalized spacial score (nSPS) is 10.0. The Morgan fingerprint density at radius 3 is 2.84 bits per heavy atom. The fourth-order valence-electron chi connectivity index (χ4n) is 1.51. The maximum absolute atomic E-state index is 12.3. The number of benzene rings is 1. The van der Waals surface area contributed by atoms with Crippen LogP contribution in [0.15, 0.2) is 18.2 Å². The van der Waals surface area contributed by atoms with Crippen molar-refractivity contribution in [2.45, 2.75) is 6.42 Å². The lowest BCUT2D eigenvalue weighted by molar-refractivity contribution is 0.0700. The van der Waals surface area contributed by atoms with E-state index in [4.69, 9.17) is 21.6 Å². The third-order valence-electron chi connectivity index (χ3n) is 2.51. The molecule has 102 valence electrons. The minimum absolute atomic E-state index is 0.134. The van der Waals surface area contributed by atoms with Crippen molar-refractivity contribution in [3.05, 3.63) is 32.4 Å². The molecule has 0 aromatic heterocycles. The van der Waals surface area contributed by atoms with Gasteiger partial charge in [0.1, 0.15) is 0 Å². The number of carbonyl (C=O) groups is 1. The van der Waals surface area contributed by atoms with Gasteiger partial charge in [-0.2, -0.15) is 5.26 Å². The summed E-state index contributed by atoms with van der Waals surface area (Å²) < 4.78 is 5.88. The standard InChI is InChI=1S/C13H14ClIN2O2/c1-19-8-7-17(6-2-5-16)13(18)10-3-4-12(15)11(14)9-10/h3-4,9H,2,6-8H2,1H3. The van der Waals surface area contributed by atoms with Crippen LogP contribution in [0.5, 0.6) is 0 Å². The SMILES string of the molecule is COCCN(CCC#N)C(=O)c1ccc(I)c(Cl)c1. The molecule has 1 aromatic carbocycles. The predicted molar refractivity (Wildman–Crippen MR) is 82.2 cm³/mol. The van der Waals surface area contributed by atoms with E-state index in [9.17, 15) is 4.79 Å². The van der Waals surface area contributed by atoms with Gasteiger partial charge in [0.2, 0.25) is 0 Å². The van der Waals surface area contributed by atoms with Crippen LogP contribution >= 0.6 is 34.2 Å². The molecule has 0 spiro atoms. The van der Waals surface area contributed by atoms with E-state index in [0.717, 1.165) is 3.57 Å². The van der Waals surface area contributed by atoms with Crippen LogP contribution in [-0.2, 0) is 4.74 Å². The van der Waals surface area contributed by atoms with E-state index in [1.807, 2.05) is 6.07 Å². The van der Waals surface area contributed by atoms with Crippen LogP contribution in [-0.4, -0.2) is 37.6 Å². The van der Waals surface area contributed by atoms with Crippen molar-refractivity contribution in [2.24, 2.45) is 0 Å². The monoisotopic (exact) mass is 392 g/mol. The van der Waals surface area contributed by atoms with Gasteiger partial charge < -0.3 is 9.64 Å². The number of carbonyl (C=O) groups excluding carboxylic acids is 1. The van der Waals surface area contributed by atoms with E-state index in [1.54, 1.807) is 30.2 Å². The van der Waals surface area contributed by atoms with Gasteiger partial charge in [-0.1, -0.05) is 11.6 Å². The van der Waals surface area contributed by atoms with Gasteiger partial charge in [-0.3, -0.25) is 4.79 Å². The molecule has 0 atom stereocenters. The zero-order valence-electron chi connectivity index (χ0n) is 10.5. The first-order valence-electron chi connectivity index (χ1n) is 5.70. The number of ether oxygens (including phenoxy) is 1. The van der Waals surface area contributed by atoms with Crippen LogP contribution in [0.2, 0.25) is 5.02 Å². The smallest absolute Gasteiger partial charge is 0.254 e. The molecule has 0 fully saturated rings. The summed E-state index contributed by atoms with van der Waals surface area (Å²) in [6.45, 7) is 1.29. The molecule has 6 heteroatoms. The van der Waals surface area contributed by atoms with Gasteiger partial charge in [0.05, 0.1) is 24.1 Å². The molecule has 1 rings (SSSR count). The Balaban J connectivity index is 2.84. The van der Waals surface area contributed by atoms with Crippen LogP contribution in [0.3, 0.4) is 0 Å². The first-order chi connectivity index (χ1) is 9.10. The number of rotatable bonds is 6. The second-order valence-electron chi connectivity index (χ2n) is 3.82. The minimum Gasteiger partial charge on any atom is -0.383 e. The summed E-state index contributed by atoms with van der Waals surface area (Å²) in [4.78, 5) is 13.9. The van der Waals surface area contributed by atoms with Gasteiger partial charge in [0, 0.05) is 29.3 Å². The van der Waals surface area contributed by atoms with E-state index in [1.165, 1.54) is 0 Å². The van der Waals surface area contributed by atoms with Crippen molar-refractivity contribution >= 4 is 40.1 Å². The number of halogens is 2. The Morgan fingerprint density at radius 1 is 1.53 bits per heavy atom. The number of methoxy groups -OCH3 is 1. The maximum Gasteiger partial charge on any atom is 0.254 e. The topological polar surface area (TPSA) is 53.3 Å². The van der Waals surface area contributed by atoms with E-state index >= 15 is 0 Å².